The molecule has 2 atom stereocenters. The van der Waals surface area contributed by atoms with Crippen molar-refractivity contribution in [3.63, 3.8) is 0 Å². The second-order valence-electron chi connectivity index (χ2n) is 6.59. The van der Waals surface area contributed by atoms with Gasteiger partial charge in [-0.3, -0.25) is 9.59 Å². The molecule has 2 fully saturated rings. The van der Waals surface area contributed by atoms with Crippen LogP contribution in [0.15, 0.2) is 18.2 Å². The molecule has 0 saturated carbocycles. The van der Waals surface area contributed by atoms with Crippen LogP contribution in [-0.4, -0.2) is 49.1 Å². The van der Waals surface area contributed by atoms with Crippen LogP contribution < -0.4 is 4.90 Å². The van der Waals surface area contributed by atoms with E-state index >= 15 is 0 Å². The number of benzene rings is 1. The van der Waals surface area contributed by atoms with Gasteiger partial charge in [0.25, 0.3) is 0 Å². The molecule has 1 aromatic carbocycles. The van der Waals surface area contributed by atoms with Gasteiger partial charge in [-0.05, 0) is 38.0 Å². The van der Waals surface area contributed by atoms with Crippen LogP contribution in [0.2, 0.25) is 0 Å². The third-order valence-electron chi connectivity index (χ3n) is 4.89. The molecule has 5 heteroatoms. The van der Waals surface area contributed by atoms with E-state index in [9.17, 15) is 9.59 Å². The molecular weight excluding hydrogens is 292 g/mol. The van der Waals surface area contributed by atoms with Crippen LogP contribution in [0.3, 0.4) is 0 Å². The maximum absolute atomic E-state index is 12.7. The lowest BCUT2D eigenvalue weighted by atomic mass is 10.1. The highest BCUT2D eigenvalue weighted by molar-refractivity contribution is 6.00. The van der Waals surface area contributed by atoms with Gasteiger partial charge in [0, 0.05) is 31.7 Å². The van der Waals surface area contributed by atoms with Crippen LogP contribution in [0.25, 0.3) is 0 Å². The zero-order valence-electron chi connectivity index (χ0n) is 14.0. The summed E-state index contributed by atoms with van der Waals surface area (Å²) in [6.45, 7) is 8.34. The summed E-state index contributed by atoms with van der Waals surface area (Å²) >= 11 is 0. The molecule has 23 heavy (non-hydrogen) atoms. The van der Waals surface area contributed by atoms with E-state index in [0.717, 1.165) is 16.8 Å². The number of carbonyl (C=O) groups excluding carboxylic acids is 2. The smallest absolute Gasteiger partial charge is 0.228 e. The number of hydrogen-bond acceptors (Lipinski definition) is 3. The molecule has 2 aliphatic heterocycles. The minimum absolute atomic E-state index is 0.0401. The van der Waals surface area contributed by atoms with Crippen molar-refractivity contribution >= 4 is 17.5 Å². The number of ether oxygens (including phenoxy) is 1. The summed E-state index contributed by atoms with van der Waals surface area (Å²) in [5, 5.41) is 0. The summed E-state index contributed by atoms with van der Waals surface area (Å²) in [5.41, 5.74) is 3.20. The maximum atomic E-state index is 12.7. The summed E-state index contributed by atoms with van der Waals surface area (Å²) in [5.74, 6) is -0.118. The van der Waals surface area contributed by atoms with Gasteiger partial charge >= 0.3 is 0 Å². The zero-order chi connectivity index (χ0) is 16.6. The van der Waals surface area contributed by atoms with Gasteiger partial charge in [0.05, 0.1) is 18.6 Å². The molecule has 0 spiro atoms. The first-order chi connectivity index (χ1) is 11.0. The number of rotatable bonds is 2. The van der Waals surface area contributed by atoms with E-state index in [4.69, 9.17) is 4.74 Å². The average molecular weight is 316 g/mol. The Kier molecular flexibility index (Phi) is 4.39. The monoisotopic (exact) mass is 316 g/mol. The van der Waals surface area contributed by atoms with Crippen molar-refractivity contribution in [3.05, 3.63) is 29.3 Å². The van der Waals surface area contributed by atoms with Crippen molar-refractivity contribution in [1.82, 2.24) is 4.90 Å². The molecule has 2 heterocycles. The van der Waals surface area contributed by atoms with Crippen molar-refractivity contribution in [2.75, 3.05) is 31.1 Å². The van der Waals surface area contributed by atoms with Gasteiger partial charge in [-0.25, -0.2) is 0 Å². The number of anilines is 1. The topological polar surface area (TPSA) is 49.9 Å². The van der Waals surface area contributed by atoms with E-state index in [1.165, 1.54) is 0 Å². The molecule has 0 aliphatic carbocycles. The summed E-state index contributed by atoms with van der Waals surface area (Å²) < 4.78 is 5.49. The van der Waals surface area contributed by atoms with Gasteiger partial charge < -0.3 is 14.5 Å². The zero-order valence-corrected chi connectivity index (χ0v) is 14.0. The van der Waals surface area contributed by atoms with Crippen molar-refractivity contribution in [2.45, 2.75) is 33.3 Å². The van der Waals surface area contributed by atoms with Gasteiger partial charge in [-0.15, -0.1) is 0 Å². The van der Waals surface area contributed by atoms with Crippen molar-refractivity contribution < 1.29 is 14.3 Å². The van der Waals surface area contributed by atoms with Crippen LogP contribution >= 0.6 is 0 Å². The van der Waals surface area contributed by atoms with Gasteiger partial charge in [0.2, 0.25) is 11.8 Å². The molecule has 0 bridgehead atoms. The van der Waals surface area contributed by atoms with Gasteiger partial charge in [0.1, 0.15) is 0 Å². The van der Waals surface area contributed by atoms with E-state index < -0.39 is 0 Å². The predicted octanol–water partition coefficient (Wildman–Crippen LogP) is 1.90. The van der Waals surface area contributed by atoms with Crippen molar-refractivity contribution in [3.8, 4) is 0 Å². The van der Waals surface area contributed by atoms with Crippen LogP contribution in [-0.2, 0) is 14.3 Å². The Bertz CT molecular complexity index is 629. The Balaban J connectivity index is 1.74. The molecule has 2 aliphatic rings. The van der Waals surface area contributed by atoms with Crippen molar-refractivity contribution in [1.29, 1.82) is 0 Å². The number of amides is 2. The molecule has 2 amide bonds. The fraction of sp³-hybridized carbons (Fsp3) is 0.556. The van der Waals surface area contributed by atoms with E-state index in [2.05, 4.69) is 0 Å². The Hall–Kier alpha value is -1.88. The Labute approximate surface area is 137 Å². The third-order valence-corrected chi connectivity index (χ3v) is 4.89. The van der Waals surface area contributed by atoms with Crippen LogP contribution in [0.1, 0.15) is 24.5 Å². The quantitative estimate of drug-likeness (QED) is 0.837. The fourth-order valence-corrected chi connectivity index (χ4v) is 3.41. The first-order valence-corrected chi connectivity index (χ1v) is 8.24. The van der Waals surface area contributed by atoms with Gasteiger partial charge in [-0.1, -0.05) is 12.1 Å². The fourth-order valence-electron chi connectivity index (χ4n) is 3.41. The van der Waals surface area contributed by atoms with Gasteiger partial charge in [-0.2, -0.15) is 0 Å². The first kappa shape index (κ1) is 16.0. The molecule has 2 saturated heterocycles. The highest BCUT2D eigenvalue weighted by Gasteiger charge is 2.38. The Morgan fingerprint density at radius 2 is 2.04 bits per heavy atom. The molecule has 124 valence electrons. The standard InChI is InChI=1S/C18H24N2O3/c1-12-5-4-6-16(14(12)3)20-11-15(9-17(20)21)18(22)19-7-8-23-13(2)10-19/h4-6,13,15H,7-11H2,1-3H3/t13-,15+/m1/s1. The second kappa shape index (κ2) is 6.32. The molecular formula is C18H24N2O3. The minimum atomic E-state index is -0.243. The second-order valence-corrected chi connectivity index (χ2v) is 6.59. The first-order valence-electron chi connectivity index (χ1n) is 8.24. The third kappa shape index (κ3) is 3.11. The number of nitrogens with zero attached hydrogens (tertiary/aromatic N) is 2. The molecule has 0 N–H and O–H groups in total. The molecule has 1 aromatic rings. The largest absolute Gasteiger partial charge is 0.375 e. The number of carbonyl (C=O) groups is 2. The van der Waals surface area contributed by atoms with E-state index in [1.807, 2.05) is 43.9 Å². The predicted molar refractivity (Wildman–Crippen MR) is 88.4 cm³/mol. The molecule has 0 unspecified atom stereocenters. The summed E-state index contributed by atoms with van der Waals surface area (Å²) in [7, 11) is 0. The number of aryl methyl sites for hydroxylation is 1. The SMILES string of the molecule is Cc1cccc(N2C[C@@H](C(=O)N3CCO[C@H](C)C3)CC2=O)c1C. The van der Waals surface area contributed by atoms with E-state index in [-0.39, 0.29) is 23.8 Å². The molecule has 5 nitrogen and oxygen atoms in total. The van der Waals surface area contributed by atoms with E-state index in [1.54, 1.807) is 4.90 Å². The highest BCUT2D eigenvalue weighted by atomic mass is 16.5. The Morgan fingerprint density at radius 3 is 2.78 bits per heavy atom. The van der Waals surface area contributed by atoms with Crippen LogP contribution in [0, 0.1) is 19.8 Å². The normalized spacial score (nSPS) is 25.1. The number of morpholine rings is 1. The van der Waals surface area contributed by atoms with Crippen molar-refractivity contribution in [2.24, 2.45) is 5.92 Å². The number of hydrogen-bond donors (Lipinski definition) is 0. The highest BCUT2D eigenvalue weighted by Crippen LogP contribution is 2.30. The lowest BCUT2D eigenvalue weighted by Crippen LogP contribution is -2.47. The van der Waals surface area contributed by atoms with Crippen LogP contribution in [0.5, 0.6) is 0 Å². The summed E-state index contributed by atoms with van der Waals surface area (Å²) in [6.07, 6.45) is 0.373. The summed E-state index contributed by atoms with van der Waals surface area (Å²) in [6, 6.07) is 5.96. The lowest BCUT2D eigenvalue weighted by Gasteiger charge is -2.32. The molecule has 3 rings (SSSR count). The molecule has 0 radical (unpaired) electrons. The van der Waals surface area contributed by atoms with Gasteiger partial charge in [0.15, 0.2) is 0 Å². The lowest BCUT2D eigenvalue weighted by molar-refractivity contribution is -0.142. The van der Waals surface area contributed by atoms with E-state index in [0.29, 0.717) is 32.7 Å². The maximum Gasteiger partial charge on any atom is 0.228 e. The summed E-state index contributed by atoms with van der Waals surface area (Å²) in [4.78, 5) is 28.8. The Morgan fingerprint density at radius 1 is 1.26 bits per heavy atom. The molecule has 0 aromatic heterocycles. The minimum Gasteiger partial charge on any atom is -0.375 e. The average Bonchev–Trinajstić information content (AvgIpc) is 2.91. The van der Waals surface area contributed by atoms with Crippen LogP contribution in [0.4, 0.5) is 5.69 Å².